The summed E-state index contributed by atoms with van der Waals surface area (Å²) in [5.74, 6) is 0. The first kappa shape index (κ1) is 24.5. The number of hydrogen-bond donors (Lipinski definition) is 0. The highest BCUT2D eigenvalue weighted by molar-refractivity contribution is 6.27. The zero-order valence-electron chi connectivity index (χ0n) is 16.1. The third kappa shape index (κ3) is 11.4. The van der Waals surface area contributed by atoms with Gasteiger partial charge in [-0.3, -0.25) is 0 Å². The van der Waals surface area contributed by atoms with Crippen LogP contribution in [0.25, 0.3) is 0 Å². The summed E-state index contributed by atoms with van der Waals surface area (Å²) in [5.41, 5.74) is 0. The van der Waals surface area contributed by atoms with Crippen molar-refractivity contribution in [3.05, 3.63) is 136 Å². The van der Waals surface area contributed by atoms with Crippen LogP contribution in [-0.4, -0.2) is 7.40 Å². The van der Waals surface area contributed by atoms with Crippen molar-refractivity contribution < 1.29 is 56.8 Å². The van der Waals surface area contributed by atoms with Gasteiger partial charge in [0.25, 0.3) is 0 Å². The van der Waals surface area contributed by atoms with Crippen molar-refractivity contribution in [1.82, 2.24) is 0 Å². The van der Waals surface area contributed by atoms with E-state index in [1.54, 1.807) is 0 Å². The molecule has 2 nitrogen and oxygen atoms in total. The van der Waals surface area contributed by atoms with Gasteiger partial charge >= 0.3 is 42.4 Å². The molecule has 6 heteroatoms. The van der Waals surface area contributed by atoms with Crippen LogP contribution in [0.5, 0.6) is 0 Å². The first-order chi connectivity index (χ1) is 14.6. The third-order valence-electron chi connectivity index (χ3n) is 3.37. The van der Waals surface area contributed by atoms with Crippen LogP contribution >= 0.6 is 0 Å². The Kier molecular flexibility index (Phi) is 12.4. The monoisotopic (exact) mass is 624 g/mol. The van der Waals surface area contributed by atoms with E-state index in [0.29, 0.717) is 0 Å². The first-order valence-corrected chi connectivity index (χ1v) is 13.4. The van der Waals surface area contributed by atoms with E-state index >= 15 is 0 Å². The van der Waals surface area contributed by atoms with Crippen molar-refractivity contribution in [3.63, 3.8) is 0 Å². The minimum absolute atomic E-state index is 0.0287. The minimum Gasteiger partial charge on any atom is -0.867 e. The fourth-order valence-electron chi connectivity index (χ4n) is 2.16. The van der Waals surface area contributed by atoms with Crippen LogP contribution in [-0.2, 0) is 0 Å². The number of rotatable bonds is 4. The van der Waals surface area contributed by atoms with Gasteiger partial charge in [-0.25, -0.2) is 0 Å². The molecular formula is C24H20BFI2O2. The van der Waals surface area contributed by atoms with Gasteiger partial charge in [0, 0.05) is 0 Å². The van der Waals surface area contributed by atoms with E-state index in [2.05, 4.69) is 121 Å². The van der Waals surface area contributed by atoms with E-state index in [9.17, 15) is 4.32 Å². The Morgan fingerprint density at radius 3 is 0.767 bits per heavy atom. The normalized spacial score (nSPS) is 9.43. The highest BCUT2D eigenvalue weighted by Gasteiger charge is 2.13. The molecule has 4 rings (SSSR count). The molecule has 30 heavy (non-hydrogen) atoms. The summed E-state index contributed by atoms with van der Waals surface area (Å²) < 4.78 is 15.8. The molecule has 0 bridgehead atoms. The van der Waals surface area contributed by atoms with Crippen LogP contribution in [0.15, 0.2) is 121 Å². The number of hydrogen-bond acceptors (Lipinski definition) is 2. The molecule has 0 aliphatic rings. The maximum Gasteiger partial charge on any atom is 0.357 e. The Balaban J connectivity index is 0.000000182. The van der Waals surface area contributed by atoms with E-state index < -0.39 is 7.40 Å². The molecule has 0 saturated heterocycles. The van der Waals surface area contributed by atoms with Crippen LogP contribution in [0.3, 0.4) is 0 Å². The zero-order chi connectivity index (χ0) is 21.4. The Morgan fingerprint density at radius 1 is 0.433 bits per heavy atom. The van der Waals surface area contributed by atoms with Gasteiger partial charge < -0.3 is 14.4 Å². The lowest BCUT2D eigenvalue weighted by atomic mass is 10.3. The van der Waals surface area contributed by atoms with Gasteiger partial charge in [0.1, 0.15) is 7.40 Å². The van der Waals surface area contributed by atoms with Gasteiger partial charge in [-0.1, -0.05) is 72.8 Å². The van der Waals surface area contributed by atoms with Crippen LogP contribution in [0.4, 0.5) is 4.32 Å². The number of halogens is 3. The largest absolute Gasteiger partial charge is 0.867 e. The summed E-state index contributed by atoms with van der Waals surface area (Å²) in [6.07, 6.45) is 0. The van der Waals surface area contributed by atoms with Gasteiger partial charge in [-0.15, -0.1) is 0 Å². The molecule has 0 aliphatic carbocycles. The van der Waals surface area contributed by atoms with E-state index in [1.807, 2.05) is 0 Å². The second-order valence-corrected chi connectivity index (χ2v) is 11.7. The van der Waals surface area contributed by atoms with Gasteiger partial charge in [0.05, 0.1) is 0 Å². The average Bonchev–Trinajstić information content (AvgIpc) is 2.77. The SMILES string of the molecule is [O-]B([O-])F.c1ccc([I+]c2ccccc2)cc1.c1ccc([I+]c2ccccc2)cc1. The Hall–Kier alpha value is -1.75. The average molecular weight is 624 g/mol. The third-order valence-corrected chi connectivity index (χ3v) is 8.74. The predicted octanol–water partition coefficient (Wildman–Crippen LogP) is -2.71. The van der Waals surface area contributed by atoms with E-state index in [4.69, 9.17) is 10.0 Å². The molecule has 0 spiro atoms. The molecule has 0 heterocycles. The van der Waals surface area contributed by atoms with Crippen molar-refractivity contribution in [2.45, 2.75) is 0 Å². The standard InChI is InChI=1S/2C12H10I.BFO2/c2*1-3-7-11(8-4-1)13-12-9-5-2-6-10-12;2-1(3)4/h2*1-10H;/q2*+1;-2. The van der Waals surface area contributed by atoms with Crippen LogP contribution in [0.1, 0.15) is 0 Å². The van der Waals surface area contributed by atoms with E-state index in [-0.39, 0.29) is 42.4 Å². The Morgan fingerprint density at radius 2 is 0.600 bits per heavy atom. The summed E-state index contributed by atoms with van der Waals surface area (Å²) >= 11 is 0.0574. The van der Waals surface area contributed by atoms with E-state index in [1.165, 1.54) is 14.3 Å². The minimum atomic E-state index is -3.17. The maximum absolute atomic E-state index is 9.89. The lowest BCUT2D eigenvalue weighted by Gasteiger charge is -2.09. The summed E-state index contributed by atoms with van der Waals surface area (Å²) in [6.45, 7) is 0. The smallest absolute Gasteiger partial charge is 0.357 e. The summed E-state index contributed by atoms with van der Waals surface area (Å²) in [6, 6.07) is 42.8. The molecule has 0 aromatic heterocycles. The fourth-order valence-corrected chi connectivity index (χ4v) is 6.70. The molecule has 152 valence electrons. The van der Waals surface area contributed by atoms with Gasteiger partial charge in [0.2, 0.25) is 0 Å². The maximum atomic E-state index is 9.89. The lowest BCUT2D eigenvalue weighted by Crippen LogP contribution is -3.61. The predicted molar refractivity (Wildman–Crippen MR) is 107 cm³/mol. The van der Waals surface area contributed by atoms with Crippen molar-refractivity contribution >= 4 is 7.40 Å². The summed E-state index contributed by atoms with van der Waals surface area (Å²) in [4.78, 5) is 0. The fraction of sp³-hybridized carbons (Fsp3) is 0. The molecule has 0 amide bonds. The highest BCUT2D eigenvalue weighted by Crippen LogP contribution is 1.86. The molecule has 0 atom stereocenters. The van der Waals surface area contributed by atoms with Crippen LogP contribution in [0, 0.1) is 14.3 Å². The van der Waals surface area contributed by atoms with Gasteiger partial charge in [0.15, 0.2) is 14.3 Å². The molecule has 0 N–H and O–H groups in total. The van der Waals surface area contributed by atoms with Gasteiger partial charge in [-0.05, 0) is 48.5 Å². The molecule has 0 unspecified atom stereocenters. The first-order valence-electron chi connectivity index (χ1n) is 9.09. The molecule has 0 saturated carbocycles. The van der Waals surface area contributed by atoms with Crippen LogP contribution < -0.4 is 52.5 Å². The highest BCUT2D eigenvalue weighted by atomic mass is 127. The molecule has 0 fully saturated rings. The Labute approximate surface area is 198 Å². The second kappa shape index (κ2) is 15.1. The summed E-state index contributed by atoms with van der Waals surface area (Å²) in [5, 5.41) is 16.6. The topological polar surface area (TPSA) is 46.1 Å². The Bertz CT molecular complexity index is 773. The van der Waals surface area contributed by atoms with Crippen molar-refractivity contribution in [3.8, 4) is 0 Å². The quantitative estimate of drug-likeness (QED) is 0.184. The molecule has 4 aromatic rings. The van der Waals surface area contributed by atoms with E-state index in [0.717, 1.165) is 0 Å². The second-order valence-electron chi connectivity index (χ2n) is 5.65. The van der Waals surface area contributed by atoms with Gasteiger partial charge in [-0.2, -0.15) is 0 Å². The molecular weight excluding hydrogens is 604 g/mol. The van der Waals surface area contributed by atoms with Crippen molar-refractivity contribution in [2.24, 2.45) is 0 Å². The molecule has 0 aliphatic heterocycles. The van der Waals surface area contributed by atoms with Crippen molar-refractivity contribution in [1.29, 1.82) is 0 Å². The van der Waals surface area contributed by atoms with Crippen LogP contribution in [0.2, 0.25) is 0 Å². The van der Waals surface area contributed by atoms with Crippen molar-refractivity contribution in [2.75, 3.05) is 0 Å². The molecule has 4 aromatic carbocycles. The molecule has 0 radical (unpaired) electrons. The number of benzene rings is 4. The summed E-state index contributed by atoms with van der Waals surface area (Å²) in [7, 11) is -3.17. The zero-order valence-corrected chi connectivity index (χ0v) is 20.4. The lowest BCUT2D eigenvalue weighted by molar-refractivity contribution is -0.597.